The molecule has 0 aromatic heterocycles. The minimum Gasteiger partial charge on any atom is -0.478 e. The molecule has 0 radical (unpaired) electrons. The van der Waals surface area contributed by atoms with E-state index in [2.05, 4.69) is 10.6 Å². The Morgan fingerprint density at radius 1 is 0.852 bits per heavy atom. The van der Waals surface area contributed by atoms with Crippen molar-refractivity contribution in [1.82, 2.24) is 0 Å². The lowest BCUT2D eigenvalue weighted by Gasteiger charge is -2.15. The van der Waals surface area contributed by atoms with Crippen LogP contribution < -0.4 is 10.6 Å². The van der Waals surface area contributed by atoms with Gasteiger partial charge in [0.05, 0.1) is 22.5 Å². The van der Waals surface area contributed by atoms with Crippen LogP contribution in [-0.2, 0) is 15.8 Å². The molecule has 0 bridgehead atoms. The molecule has 2 rings (SSSR count). The smallest absolute Gasteiger partial charge is 0.418 e. The van der Waals surface area contributed by atoms with E-state index in [1.54, 1.807) is 0 Å². The molecule has 6 nitrogen and oxygen atoms in total. The van der Waals surface area contributed by atoms with Crippen molar-refractivity contribution in [2.75, 3.05) is 10.6 Å². The fourth-order valence-electron chi connectivity index (χ4n) is 2.14. The molecule has 0 aliphatic rings. The van der Waals surface area contributed by atoms with E-state index < -0.39 is 35.2 Å². The van der Waals surface area contributed by atoms with Crippen molar-refractivity contribution in [1.29, 1.82) is 0 Å². The van der Waals surface area contributed by atoms with E-state index in [0.29, 0.717) is 6.08 Å². The number of aliphatic carboxylic acids is 1. The van der Waals surface area contributed by atoms with Crippen LogP contribution in [0.25, 0.3) is 0 Å². The number of amides is 2. The first-order valence-electron chi connectivity index (χ1n) is 7.47. The van der Waals surface area contributed by atoms with E-state index in [-0.39, 0.29) is 11.3 Å². The summed E-state index contributed by atoms with van der Waals surface area (Å²) in [5.74, 6) is -3.02. The molecule has 0 fully saturated rings. The van der Waals surface area contributed by atoms with Crippen molar-refractivity contribution in [3.05, 3.63) is 71.8 Å². The van der Waals surface area contributed by atoms with Gasteiger partial charge in [0.1, 0.15) is 0 Å². The summed E-state index contributed by atoms with van der Waals surface area (Å²) in [6, 6.07) is 10.1. The molecule has 3 N–H and O–H groups in total. The van der Waals surface area contributed by atoms with Crippen molar-refractivity contribution in [3.8, 4) is 0 Å². The summed E-state index contributed by atoms with van der Waals surface area (Å²) in [5.41, 5.74) is -1.52. The first kappa shape index (κ1) is 19.7. The molecule has 0 heterocycles. The summed E-state index contributed by atoms with van der Waals surface area (Å²) in [6.07, 6.45) is -3.30. The van der Waals surface area contributed by atoms with Gasteiger partial charge in [0, 0.05) is 12.2 Å². The van der Waals surface area contributed by atoms with Crippen LogP contribution in [0.5, 0.6) is 0 Å². The number of carboxylic acid groups (broad SMARTS) is 1. The number of hydrogen-bond acceptors (Lipinski definition) is 3. The van der Waals surface area contributed by atoms with E-state index >= 15 is 0 Å². The maximum absolute atomic E-state index is 13.0. The second-order valence-corrected chi connectivity index (χ2v) is 5.20. The summed E-state index contributed by atoms with van der Waals surface area (Å²) in [6.45, 7) is 0. The molecule has 0 unspecified atom stereocenters. The average molecular weight is 378 g/mol. The molecule has 0 saturated heterocycles. The topological polar surface area (TPSA) is 95.5 Å². The maximum atomic E-state index is 13.0. The molecule has 140 valence electrons. The number of halogens is 3. The SMILES string of the molecule is O=C(O)/C=C\C(=O)Nc1ccccc1C(=O)Nc1ccccc1C(F)(F)F. The Morgan fingerprint density at radius 2 is 1.44 bits per heavy atom. The summed E-state index contributed by atoms with van der Waals surface area (Å²) in [4.78, 5) is 34.5. The third kappa shape index (κ3) is 5.43. The summed E-state index contributed by atoms with van der Waals surface area (Å²) < 4.78 is 39.1. The highest BCUT2D eigenvalue weighted by Crippen LogP contribution is 2.34. The Bertz CT molecular complexity index is 907. The number of alkyl halides is 3. The van der Waals surface area contributed by atoms with Gasteiger partial charge in [-0.05, 0) is 24.3 Å². The minimum absolute atomic E-state index is 0.0135. The highest BCUT2D eigenvalue weighted by Gasteiger charge is 2.33. The molecule has 2 aromatic rings. The molecule has 2 aromatic carbocycles. The number of carbonyl (C=O) groups excluding carboxylic acids is 2. The van der Waals surface area contributed by atoms with Crippen molar-refractivity contribution in [2.45, 2.75) is 6.18 Å². The quantitative estimate of drug-likeness (QED) is 0.694. The van der Waals surface area contributed by atoms with E-state index in [0.717, 1.165) is 18.2 Å². The van der Waals surface area contributed by atoms with Gasteiger partial charge in [-0.2, -0.15) is 13.2 Å². The second kappa shape index (κ2) is 8.17. The lowest BCUT2D eigenvalue weighted by molar-refractivity contribution is -0.137. The largest absolute Gasteiger partial charge is 0.478 e. The molecule has 9 heteroatoms. The minimum atomic E-state index is -4.65. The van der Waals surface area contributed by atoms with Crippen LogP contribution in [-0.4, -0.2) is 22.9 Å². The first-order chi connectivity index (χ1) is 12.7. The van der Waals surface area contributed by atoms with Crippen LogP contribution in [0.2, 0.25) is 0 Å². The Morgan fingerprint density at radius 3 is 2.07 bits per heavy atom. The van der Waals surface area contributed by atoms with Gasteiger partial charge in [-0.3, -0.25) is 9.59 Å². The predicted molar refractivity (Wildman–Crippen MR) is 91.2 cm³/mol. The molecule has 0 atom stereocenters. The monoisotopic (exact) mass is 378 g/mol. The zero-order valence-corrected chi connectivity index (χ0v) is 13.6. The zero-order chi connectivity index (χ0) is 20.0. The molecular weight excluding hydrogens is 365 g/mol. The van der Waals surface area contributed by atoms with Crippen LogP contribution in [0.3, 0.4) is 0 Å². The van der Waals surface area contributed by atoms with Crippen molar-refractivity contribution >= 4 is 29.2 Å². The Balaban J connectivity index is 2.26. The van der Waals surface area contributed by atoms with E-state index in [1.165, 1.54) is 36.4 Å². The van der Waals surface area contributed by atoms with Crippen LogP contribution in [0.15, 0.2) is 60.7 Å². The molecular formula is C18H13F3N2O4. The average Bonchev–Trinajstić information content (AvgIpc) is 2.60. The molecule has 0 aliphatic carbocycles. The first-order valence-corrected chi connectivity index (χ1v) is 7.47. The van der Waals surface area contributed by atoms with E-state index in [4.69, 9.17) is 5.11 Å². The summed E-state index contributed by atoms with van der Waals surface area (Å²) in [7, 11) is 0. The van der Waals surface area contributed by atoms with Gasteiger partial charge in [0.25, 0.3) is 5.91 Å². The maximum Gasteiger partial charge on any atom is 0.418 e. The molecule has 0 aliphatic heterocycles. The molecule has 0 spiro atoms. The van der Waals surface area contributed by atoms with Crippen molar-refractivity contribution in [2.24, 2.45) is 0 Å². The highest BCUT2D eigenvalue weighted by molar-refractivity contribution is 6.12. The lowest BCUT2D eigenvalue weighted by atomic mass is 10.1. The number of benzene rings is 2. The number of rotatable bonds is 5. The fourth-order valence-corrected chi connectivity index (χ4v) is 2.14. The normalized spacial score (nSPS) is 11.2. The van der Waals surface area contributed by atoms with E-state index in [1.807, 2.05) is 0 Å². The number of carboxylic acids is 1. The summed E-state index contributed by atoms with van der Waals surface area (Å²) in [5, 5.41) is 13.0. The van der Waals surface area contributed by atoms with Gasteiger partial charge in [-0.15, -0.1) is 0 Å². The number of anilines is 2. The third-order valence-electron chi connectivity index (χ3n) is 3.29. The molecule has 0 saturated carbocycles. The van der Waals surface area contributed by atoms with Crippen molar-refractivity contribution < 1.29 is 32.7 Å². The standard InChI is InChI=1S/C18H13F3N2O4/c19-18(20,21)12-6-2-4-8-14(12)23-17(27)11-5-1-3-7-13(11)22-15(24)9-10-16(25)26/h1-10H,(H,22,24)(H,23,27)(H,25,26)/b10-9-. The van der Waals surface area contributed by atoms with Gasteiger partial charge in [-0.1, -0.05) is 24.3 Å². The Kier molecular flexibility index (Phi) is 5.96. The third-order valence-corrected chi connectivity index (χ3v) is 3.29. The Hall–Kier alpha value is -3.62. The van der Waals surface area contributed by atoms with Gasteiger partial charge in [-0.25, -0.2) is 4.79 Å². The van der Waals surface area contributed by atoms with Gasteiger partial charge in [0.15, 0.2) is 0 Å². The van der Waals surface area contributed by atoms with Gasteiger partial charge in [0.2, 0.25) is 5.91 Å². The number of para-hydroxylation sites is 2. The Labute approximate surface area is 151 Å². The lowest BCUT2D eigenvalue weighted by Crippen LogP contribution is -2.19. The van der Waals surface area contributed by atoms with Crippen LogP contribution >= 0.6 is 0 Å². The van der Waals surface area contributed by atoms with Crippen LogP contribution in [0, 0.1) is 0 Å². The number of carbonyl (C=O) groups is 3. The summed E-state index contributed by atoms with van der Waals surface area (Å²) >= 11 is 0. The second-order valence-electron chi connectivity index (χ2n) is 5.20. The van der Waals surface area contributed by atoms with Crippen LogP contribution in [0.4, 0.5) is 24.5 Å². The zero-order valence-electron chi connectivity index (χ0n) is 13.6. The number of hydrogen-bond donors (Lipinski definition) is 3. The number of nitrogens with one attached hydrogen (secondary N) is 2. The van der Waals surface area contributed by atoms with E-state index in [9.17, 15) is 27.6 Å². The van der Waals surface area contributed by atoms with Gasteiger partial charge < -0.3 is 15.7 Å². The van der Waals surface area contributed by atoms with Crippen LogP contribution in [0.1, 0.15) is 15.9 Å². The fraction of sp³-hybridized carbons (Fsp3) is 0.0556. The molecule has 27 heavy (non-hydrogen) atoms. The predicted octanol–water partition coefficient (Wildman–Crippen LogP) is 3.54. The van der Waals surface area contributed by atoms with Crippen molar-refractivity contribution in [3.63, 3.8) is 0 Å². The van der Waals surface area contributed by atoms with Gasteiger partial charge >= 0.3 is 12.1 Å². The molecule has 2 amide bonds. The highest BCUT2D eigenvalue weighted by atomic mass is 19.4.